The van der Waals surface area contributed by atoms with Crippen LogP contribution in [0.15, 0.2) is 53.7 Å². The minimum Gasteiger partial charge on any atom is -0.352 e. The molecule has 0 fully saturated rings. The molecule has 0 bridgehead atoms. The topological polar surface area (TPSA) is 95.7 Å². The van der Waals surface area contributed by atoms with Gasteiger partial charge >= 0.3 is 0 Å². The molecule has 1 atom stereocenters. The molecule has 0 radical (unpaired) electrons. The number of fused-ring (bicyclic) bond motifs is 1. The highest BCUT2D eigenvalue weighted by atomic mass is 16.1. The molecule has 1 amide bonds. The van der Waals surface area contributed by atoms with Gasteiger partial charge in [-0.1, -0.05) is 25.1 Å². The SMILES string of the molecule is CCC(C)NC(=O)c1ccc(CNC(=NC)NCc2nnc3ccccn23)cc1. The lowest BCUT2D eigenvalue weighted by Crippen LogP contribution is -2.36. The number of hydrogen-bond donors (Lipinski definition) is 3. The van der Waals surface area contributed by atoms with E-state index in [2.05, 4.69) is 31.1 Å². The summed E-state index contributed by atoms with van der Waals surface area (Å²) in [5, 5.41) is 17.8. The van der Waals surface area contributed by atoms with E-state index in [1.807, 2.05) is 66.9 Å². The molecule has 2 heterocycles. The monoisotopic (exact) mass is 393 g/mol. The second kappa shape index (κ2) is 9.68. The van der Waals surface area contributed by atoms with Crippen molar-refractivity contribution >= 4 is 17.5 Å². The Kier molecular flexibility index (Phi) is 6.78. The molecule has 2 aromatic heterocycles. The summed E-state index contributed by atoms with van der Waals surface area (Å²) in [5.41, 5.74) is 2.53. The molecule has 1 aromatic carbocycles. The molecular formula is C21H27N7O. The van der Waals surface area contributed by atoms with E-state index in [0.29, 0.717) is 24.6 Å². The third-order valence-electron chi connectivity index (χ3n) is 4.69. The maximum Gasteiger partial charge on any atom is 0.251 e. The number of pyridine rings is 1. The van der Waals surface area contributed by atoms with Crippen LogP contribution in [0.1, 0.15) is 42.0 Å². The van der Waals surface area contributed by atoms with Crippen molar-refractivity contribution in [2.45, 2.75) is 39.4 Å². The molecule has 0 saturated heterocycles. The van der Waals surface area contributed by atoms with E-state index in [1.165, 1.54) is 0 Å². The van der Waals surface area contributed by atoms with E-state index in [-0.39, 0.29) is 11.9 Å². The predicted octanol–water partition coefficient (Wildman–Crippen LogP) is 2.12. The molecule has 0 spiro atoms. The van der Waals surface area contributed by atoms with E-state index in [4.69, 9.17) is 0 Å². The van der Waals surface area contributed by atoms with Crippen molar-refractivity contribution < 1.29 is 4.79 Å². The summed E-state index contributed by atoms with van der Waals surface area (Å²) in [6.07, 6.45) is 2.84. The number of carbonyl (C=O) groups excluding carboxylic acids is 1. The van der Waals surface area contributed by atoms with Gasteiger partial charge in [0.1, 0.15) is 0 Å². The molecule has 8 heteroatoms. The molecule has 8 nitrogen and oxygen atoms in total. The first-order valence-electron chi connectivity index (χ1n) is 9.73. The molecule has 3 aromatic rings. The fourth-order valence-corrected chi connectivity index (χ4v) is 2.76. The van der Waals surface area contributed by atoms with Gasteiger partial charge in [0, 0.05) is 31.4 Å². The number of carbonyl (C=O) groups is 1. The van der Waals surface area contributed by atoms with Crippen molar-refractivity contribution in [3.8, 4) is 0 Å². The van der Waals surface area contributed by atoms with E-state index >= 15 is 0 Å². The maximum atomic E-state index is 12.2. The molecule has 0 aliphatic heterocycles. The Morgan fingerprint density at radius 3 is 2.59 bits per heavy atom. The standard InChI is InChI=1S/C21H27N7O/c1-4-15(2)25-20(29)17-10-8-16(9-11-17)13-23-21(22-3)24-14-19-27-26-18-7-5-6-12-28(18)19/h5-12,15H,4,13-14H2,1-3H3,(H,25,29)(H2,22,23,24). The molecular weight excluding hydrogens is 366 g/mol. The van der Waals surface area contributed by atoms with Gasteiger partial charge in [-0.2, -0.15) is 0 Å². The third-order valence-corrected chi connectivity index (χ3v) is 4.69. The van der Waals surface area contributed by atoms with Crippen LogP contribution in [0.25, 0.3) is 5.65 Å². The average molecular weight is 393 g/mol. The molecule has 152 valence electrons. The van der Waals surface area contributed by atoms with Crippen LogP contribution in [0.2, 0.25) is 0 Å². The van der Waals surface area contributed by atoms with Crippen molar-refractivity contribution in [2.75, 3.05) is 7.05 Å². The van der Waals surface area contributed by atoms with Crippen LogP contribution >= 0.6 is 0 Å². The van der Waals surface area contributed by atoms with Gasteiger partial charge in [0.05, 0.1) is 6.54 Å². The van der Waals surface area contributed by atoms with E-state index in [1.54, 1.807) is 7.05 Å². The maximum absolute atomic E-state index is 12.2. The molecule has 0 saturated carbocycles. The van der Waals surface area contributed by atoms with Crippen LogP contribution in [-0.4, -0.2) is 39.6 Å². The van der Waals surface area contributed by atoms with Gasteiger partial charge < -0.3 is 16.0 Å². The van der Waals surface area contributed by atoms with Gasteiger partial charge in [0.25, 0.3) is 5.91 Å². The summed E-state index contributed by atoms with van der Waals surface area (Å²) < 4.78 is 1.93. The minimum atomic E-state index is -0.0446. The lowest BCUT2D eigenvalue weighted by atomic mass is 10.1. The predicted molar refractivity (Wildman–Crippen MR) is 114 cm³/mol. The Morgan fingerprint density at radius 2 is 1.86 bits per heavy atom. The lowest BCUT2D eigenvalue weighted by Gasteiger charge is -2.13. The molecule has 3 N–H and O–H groups in total. The number of hydrogen-bond acceptors (Lipinski definition) is 4. The Labute approximate surface area is 170 Å². The van der Waals surface area contributed by atoms with Crippen molar-refractivity contribution in [1.29, 1.82) is 0 Å². The summed E-state index contributed by atoms with van der Waals surface area (Å²) in [6, 6.07) is 13.5. The van der Waals surface area contributed by atoms with Gasteiger partial charge in [0.15, 0.2) is 17.4 Å². The summed E-state index contributed by atoms with van der Waals surface area (Å²) in [5.74, 6) is 1.42. The summed E-state index contributed by atoms with van der Waals surface area (Å²) in [6.45, 7) is 5.14. The minimum absolute atomic E-state index is 0.0446. The van der Waals surface area contributed by atoms with Crippen LogP contribution in [0.4, 0.5) is 0 Å². The Hall–Kier alpha value is -3.42. The number of nitrogens with zero attached hydrogens (tertiary/aromatic N) is 4. The van der Waals surface area contributed by atoms with Crippen LogP contribution in [0.3, 0.4) is 0 Å². The number of rotatable bonds is 7. The fourth-order valence-electron chi connectivity index (χ4n) is 2.76. The zero-order valence-corrected chi connectivity index (χ0v) is 17.0. The van der Waals surface area contributed by atoms with Gasteiger partial charge in [0.2, 0.25) is 0 Å². The van der Waals surface area contributed by atoms with Crippen LogP contribution in [0, 0.1) is 0 Å². The number of benzene rings is 1. The number of guanidine groups is 1. The van der Waals surface area contributed by atoms with Gasteiger partial charge in [-0.25, -0.2) is 0 Å². The Balaban J connectivity index is 1.52. The van der Waals surface area contributed by atoms with Crippen molar-refractivity contribution in [3.05, 3.63) is 65.6 Å². The fraction of sp³-hybridized carbons (Fsp3) is 0.333. The first kappa shape index (κ1) is 20.3. The summed E-state index contributed by atoms with van der Waals surface area (Å²) in [4.78, 5) is 16.4. The van der Waals surface area contributed by atoms with E-state index in [9.17, 15) is 4.79 Å². The lowest BCUT2D eigenvalue weighted by molar-refractivity contribution is 0.0939. The molecule has 29 heavy (non-hydrogen) atoms. The highest BCUT2D eigenvalue weighted by Crippen LogP contribution is 2.06. The number of aromatic nitrogens is 3. The van der Waals surface area contributed by atoms with Gasteiger partial charge in [-0.05, 0) is 43.2 Å². The number of amides is 1. The molecule has 0 aliphatic carbocycles. The molecule has 0 aliphatic rings. The highest BCUT2D eigenvalue weighted by Gasteiger charge is 2.09. The zero-order chi connectivity index (χ0) is 20.6. The van der Waals surface area contributed by atoms with Crippen molar-refractivity contribution in [3.63, 3.8) is 0 Å². The summed E-state index contributed by atoms with van der Waals surface area (Å²) in [7, 11) is 1.72. The number of aliphatic imine (C=N–C) groups is 1. The molecule has 1 unspecified atom stereocenters. The normalized spacial score (nSPS) is 12.6. The smallest absolute Gasteiger partial charge is 0.251 e. The Bertz CT molecular complexity index is 978. The first-order chi connectivity index (χ1) is 14.1. The summed E-state index contributed by atoms with van der Waals surface area (Å²) >= 11 is 0. The van der Waals surface area contributed by atoms with E-state index < -0.39 is 0 Å². The van der Waals surface area contributed by atoms with Crippen LogP contribution in [0.5, 0.6) is 0 Å². The van der Waals surface area contributed by atoms with Crippen LogP contribution in [-0.2, 0) is 13.1 Å². The quantitative estimate of drug-likeness (QED) is 0.422. The first-order valence-corrected chi connectivity index (χ1v) is 9.73. The number of nitrogens with one attached hydrogen (secondary N) is 3. The van der Waals surface area contributed by atoms with Gasteiger partial charge in [-0.15, -0.1) is 10.2 Å². The molecule has 3 rings (SSSR count). The average Bonchev–Trinajstić information content (AvgIpc) is 3.17. The largest absolute Gasteiger partial charge is 0.352 e. The third kappa shape index (κ3) is 5.31. The highest BCUT2D eigenvalue weighted by molar-refractivity contribution is 5.94. The second-order valence-electron chi connectivity index (χ2n) is 6.80. The van der Waals surface area contributed by atoms with Crippen LogP contribution < -0.4 is 16.0 Å². The van der Waals surface area contributed by atoms with Gasteiger partial charge in [-0.3, -0.25) is 14.2 Å². The van der Waals surface area contributed by atoms with Crippen molar-refractivity contribution in [1.82, 2.24) is 30.5 Å². The Morgan fingerprint density at radius 1 is 1.10 bits per heavy atom. The second-order valence-corrected chi connectivity index (χ2v) is 6.80. The zero-order valence-electron chi connectivity index (χ0n) is 17.0. The van der Waals surface area contributed by atoms with E-state index in [0.717, 1.165) is 23.5 Å². The van der Waals surface area contributed by atoms with Crippen molar-refractivity contribution in [2.24, 2.45) is 4.99 Å².